The quantitative estimate of drug-likeness (QED) is 0.855. The van der Waals surface area contributed by atoms with Crippen molar-refractivity contribution in [2.45, 2.75) is 38.9 Å². The lowest BCUT2D eigenvalue weighted by Gasteiger charge is -2.22. The number of likely N-dealkylation sites (tertiary alicyclic amines) is 1. The molecule has 1 heterocycles. The van der Waals surface area contributed by atoms with Gasteiger partial charge in [-0.3, -0.25) is 9.59 Å². The Morgan fingerprint density at radius 1 is 1.25 bits per heavy atom. The first-order valence-electron chi connectivity index (χ1n) is 7.61. The second kappa shape index (κ2) is 7.07. The minimum atomic E-state index is -4.90. The molecule has 1 amide bonds. The standard InChI is InChI=1S/C17H19F3N2O2/c1-11-5-6-13(10-12(11)2)21-16(24)14-4-3-8-22(14)9-7-15(23)17(18,19)20/h5-7,9-10,14H,3-4,8H2,1-2H3,(H,21,24). The summed E-state index contributed by atoms with van der Waals surface area (Å²) in [5.41, 5.74) is 2.78. The predicted octanol–water partition coefficient (Wildman–Crippen LogP) is 3.35. The topological polar surface area (TPSA) is 49.4 Å². The Kier molecular flexibility index (Phi) is 5.31. The van der Waals surface area contributed by atoms with Crippen LogP contribution in [0.15, 0.2) is 30.5 Å². The summed E-state index contributed by atoms with van der Waals surface area (Å²) >= 11 is 0. The SMILES string of the molecule is Cc1ccc(NC(=O)C2CCCN2C=CC(=O)C(F)(F)F)cc1C. The first-order valence-corrected chi connectivity index (χ1v) is 7.61. The van der Waals surface area contributed by atoms with Crippen LogP contribution >= 0.6 is 0 Å². The van der Waals surface area contributed by atoms with Crippen LogP contribution < -0.4 is 5.32 Å². The molecule has 1 N–H and O–H groups in total. The zero-order valence-corrected chi connectivity index (χ0v) is 13.5. The van der Waals surface area contributed by atoms with E-state index in [9.17, 15) is 22.8 Å². The molecule has 0 radical (unpaired) electrons. The number of alkyl halides is 3. The Hall–Kier alpha value is -2.31. The number of anilines is 1. The molecular formula is C17H19F3N2O2. The first kappa shape index (κ1) is 18.0. The van der Waals surface area contributed by atoms with Crippen LogP contribution in [0.5, 0.6) is 0 Å². The fourth-order valence-electron chi connectivity index (χ4n) is 2.55. The summed E-state index contributed by atoms with van der Waals surface area (Å²) in [5, 5.41) is 2.78. The predicted molar refractivity (Wildman–Crippen MR) is 84.5 cm³/mol. The van der Waals surface area contributed by atoms with Crippen molar-refractivity contribution in [1.29, 1.82) is 0 Å². The van der Waals surface area contributed by atoms with Crippen LogP contribution in [0.25, 0.3) is 0 Å². The van der Waals surface area contributed by atoms with Gasteiger partial charge in [-0.1, -0.05) is 6.07 Å². The number of ketones is 1. The zero-order chi connectivity index (χ0) is 17.9. The molecule has 1 atom stereocenters. The van der Waals surface area contributed by atoms with Gasteiger partial charge in [-0.25, -0.2) is 0 Å². The number of hydrogen-bond acceptors (Lipinski definition) is 3. The van der Waals surface area contributed by atoms with Crippen LogP contribution in [-0.4, -0.2) is 35.4 Å². The molecule has 0 saturated carbocycles. The highest BCUT2D eigenvalue weighted by Gasteiger charge is 2.37. The maximum atomic E-state index is 12.4. The number of halogens is 3. The maximum absolute atomic E-state index is 12.4. The van der Waals surface area contributed by atoms with E-state index >= 15 is 0 Å². The van der Waals surface area contributed by atoms with Crippen LogP contribution in [0.4, 0.5) is 18.9 Å². The van der Waals surface area contributed by atoms with Crippen molar-refractivity contribution in [3.63, 3.8) is 0 Å². The number of carbonyl (C=O) groups is 2. The first-order chi connectivity index (χ1) is 11.2. The van der Waals surface area contributed by atoms with Gasteiger partial charge in [0.1, 0.15) is 6.04 Å². The number of nitrogens with one attached hydrogen (secondary N) is 1. The highest BCUT2D eigenvalue weighted by Crippen LogP contribution is 2.22. The summed E-state index contributed by atoms with van der Waals surface area (Å²) in [4.78, 5) is 24.8. The fraction of sp³-hybridized carbons (Fsp3) is 0.412. The van der Waals surface area contributed by atoms with E-state index in [-0.39, 0.29) is 5.91 Å². The van der Waals surface area contributed by atoms with E-state index in [2.05, 4.69) is 5.32 Å². The molecule has 0 spiro atoms. The van der Waals surface area contributed by atoms with Gasteiger partial charge in [0, 0.05) is 24.5 Å². The van der Waals surface area contributed by atoms with E-state index in [0.717, 1.165) is 17.3 Å². The van der Waals surface area contributed by atoms with Crippen LogP contribution in [0, 0.1) is 13.8 Å². The summed E-state index contributed by atoms with van der Waals surface area (Å²) in [6.45, 7) is 4.33. The monoisotopic (exact) mass is 340 g/mol. The summed E-state index contributed by atoms with van der Waals surface area (Å²) < 4.78 is 36.7. The van der Waals surface area contributed by atoms with E-state index in [1.807, 2.05) is 26.0 Å². The largest absolute Gasteiger partial charge is 0.454 e. The number of rotatable bonds is 4. The summed E-state index contributed by atoms with van der Waals surface area (Å²) in [5.74, 6) is -2.22. The minimum Gasteiger partial charge on any atom is -0.365 e. The number of aryl methyl sites for hydroxylation is 2. The summed E-state index contributed by atoms with van der Waals surface area (Å²) in [7, 11) is 0. The Bertz CT molecular complexity index is 668. The molecule has 0 bridgehead atoms. The van der Waals surface area contributed by atoms with Crippen molar-refractivity contribution in [2.24, 2.45) is 0 Å². The van der Waals surface area contributed by atoms with Gasteiger partial charge >= 0.3 is 6.18 Å². The van der Waals surface area contributed by atoms with Crippen molar-refractivity contribution < 1.29 is 22.8 Å². The van der Waals surface area contributed by atoms with Crippen molar-refractivity contribution in [3.8, 4) is 0 Å². The molecule has 1 fully saturated rings. The number of amides is 1. The molecule has 1 unspecified atom stereocenters. The van der Waals surface area contributed by atoms with Crippen molar-refractivity contribution in [1.82, 2.24) is 4.90 Å². The molecule has 1 saturated heterocycles. The third-order valence-electron chi connectivity index (χ3n) is 4.07. The zero-order valence-electron chi connectivity index (χ0n) is 13.5. The van der Waals surface area contributed by atoms with Crippen molar-refractivity contribution >= 4 is 17.4 Å². The van der Waals surface area contributed by atoms with Gasteiger partial charge in [0.15, 0.2) is 0 Å². The third kappa shape index (κ3) is 4.37. The lowest BCUT2D eigenvalue weighted by Crippen LogP contribution is -2.36. The van der Waals surface area contributed by atoms with Crippen LogP contribution in [0.2, 0.25) is 0 Å². The molecule has 24 heavy (non-hydrogen) atoms. The highest BCUT2D eigenvalue weighted by atomic mass is 19.4. The molecule has 1 aromatic rings. The van der Waals surface area contributed by atoms with Gasteiger partial charge in [-0.15, -0.1) is 0 Å². The molecule has 0 aromatic heterocycles. The average Bonchev–Trinajstić information content (AvgIpc) is 2.96. The lowest BCUT2D eigenvalue weighted by atomic mass is 10.1. The average molecular weight is 340 g/mol. The summed E-state index contributed by atoms with van der Waals surface area (Å²) in [6.07, 6.45) is -2.15. The van der Waals surface area contributed by atoms with Crippen LogP contribution in [-0.2, 0) is 9.59 Å². The third-order valence-corrected chi connectivity index (χ3v) is 4.07. The number of nitrogens with zero attached hydrogens (tertiary/aromatic N) is 1. The Morgan fingerprint density at radius 2 is 1.96 bits per heavy atom. The second-order valence-corrected chi connectivity index (χ2v) is 5.86. The van der Waals surface area contributed by atoms with Crippen LogP contribution in [0.1, 0.15) is 24.0 Å². The van der Waals surface area contributed by atoms with Gasteiger partial charge in [0.05, 0.1) is 0 Å². The molecule has 130 valence electrons. The van der Waals surface area contributed by atoms with E-state index in [1.165, 1.54) is 4.90 Å². The molecule has 7 heteroatoms. The molecule has 4 nitrogen and oxygen atoms in total. The highest BCUT2D eigenvalue weighted by molar-refractivity contribution is 5.96. The molecule has 1 aromatic carbocycles. The maximum Gasteiger partial charge on any atom is 0.454 e. The lowest BCUT2D eigenvalue weighted by molar-refractivity contribution is -0.165. The van der Waals surface area contributed by atoms with E-state index in [4.69, 9.17) is 0 Å². The van der Waals surface area contributed by atoms with Crippen molar-refractivity contribution in [3.05, 3.63) is 41.6 Å². The molecule has 1 aliphatic rings. The Labute approximate surface area is 138 Å². The number of carbonyl (C=O) groups excluding carboxylic acids is 2. The number of benzene rings is 1. The number of allylic oxidation sites excluding steroid dienone is 1. The Morgan fingerprint density at radius 3 is 2.58 bits per heavy atom. The van der Waals surface area contributed by atoms with Gasteiger partial charge in [-0.2, -0.15) is 13.2 Å². The minimum absolute atomic E-state index is 0.292. The fourth-order valence-corrected chi connectivity index (χ4v) is 2.55. The molecule has 1 aliphatic heterocycles. The molecular weight excluding hydrogens is 321 g/mol. The van der Waals surface area contributed by atoms with Gasteiger partial charge in [0.25, 0.3) is 5.78 Å². The Balaban J connectivity index is 2.04. The smallest absolute Gasteiger partial charge is 0.365 e. The number of hydrogen-bond donors (Lipinski definition) is 1. The van der Waals surface area contributed by atoms with E-state index in [0.29, 0.717) is 31.1 Å². The second-order valence-electron chi connectivity index (χ2n) is 5.86. The van der Waals surface area contributed by atoms with Crippen LogP contribution in [0.3, 0.4) is 0 Å². The normalized spacial score (nSPS) is 18.2. The van der Waals surface area contributed by atoms with E-state index < -0.39 is 18.0 Å². The van der Waals surface area contributed by atoms with Gasteiger partial charge < -0.3 is 10.2 Å². The van der Waals surface area contributed by atoms with Gasteiger partial charge in [0.2, 0.25) is 5.91 Å². The van der Waals surface area contributed by atoms with Gasteiger partial charge in [-0.05, 0) is 49.9 Å². The molecule has 2 rings (SSSR count). The van der Waals surface area contributed by atoms with E-state index in [1.54, 1.807) is 6.07 Å². The summed E-state index contributed by atoms with van der Waals surface area (Å²) in [6, 6.07) is 4.93. The molecule has 0 aliphatic carbocycles. The van der Waals surface area contributed by atoms with Crippen molar-refractivity contribution in [2.75, 3.05) is 11.9 Å².